The van der Waals surface area contributed by atoms with Crippen molar-refractivity contribution in [3.63, 3.8) is 0 Å². The highest BCUT2D eigenvalue weighted by Crippen LogP contribution is 2.06. The average molecular weight is 186 g/mol. The quantitative estimate of drug-likeness (QED) is 0.646. The zero-order chi connectivity index (χ0) is 9.68. The fourth-order valence-corrected chi connectivity index (χ4v) is 1.51. The van der Waals surface area contributed by atoms with Crippen molar-refractivity contribution in [2.24, 2.45) is 0 Å². The molecule has 0 bridgehead atoms. The summed E-state index contributed by atoms with van der Waals surface area (Å²) in [5.41, 5.74) is 0. The number of carbonyl (C=O) groups excluding carboxylic acids is 1. The third kappa shape index (κ3) is 3.32. The molecule has 1 aliphatic rings. The molecular weight excluding hydrogens is 168 g/mol. The smallest absolute Gasteiger partial charge is 0.236 e. The second kappa shape index (κ2) is 5.19. The third-order valence-electron chi connectivity index (χ3n) is 2.35. The van der Waals surface area contributed by atoms with E-state index < -0.39 is 0 Å². The first-order valence-corrected chi connectivity index (χ1v) is 4.79. The fourth-order valence-electron chi connectivity index (χ4n) is 1.51. The molecule has 0 aromatic carbocycles. The molecule has 1 aliphatic heterocycles. The number of rotatable bonds is 3. The molecule has 0 spiro atoms. The molecule has 0 radical (unpaired) electrons. The van der Waals surface area contributed by atoms with E-state index in [-0.39, 0.29) is 11.9 Å². The topological polar surface area (TPSA) is 50.4 Å². The van der Waals surface area contributed by atoms with Crippen molar-refractivity contribution in [1.82, 2.24) is 10.6 Å². The van der Waals surface area contributed by atoms with Gasteiger partial charge in [-0.2, -0.15) is 0 Å². The van der Waals surface area contributed by atoms with Crippen LogP contribution in [-0.2, 0) is 9.53 Å². The van der Waals surface area contributed by atoms with Gasteiger partial charge in [0.2, 0.25) is 5.91 Å². The van der Waals surface area contributed by atoms with Gasteiger partial charge in [0.1, 0.15) is 0 Å². The standard InChI is InChI=1S/C9H18N2O2/c1-7(9(12)10-2)11-8-3-5-13-6-4-8/h7-8,11H,3-6H2,1-2H3,(H,10,12). The van der Waals surface area contributed by atoms with Gasteiger partial charge in [0, 0.05) is 26.3 Å². The summed E-state index contributed by atoms with van der Waals surface area (Å²) in [5.74, 6) is 0.0477. The van der Waals surface area contributed by atoms with Crippen LogP contribution in [0.15, 0.2) is 0 Å². The molecule has 1 rings (SSSR count). The monoisotopic (exact) mass is 186 g/mol. The van der Waals surface area contributed by atoms with E-state index in [0.717, 1.165) is 26.1 Å². The number of ether oxygens (including phenoxy) is 1. The average Bonchev–Trinajstić information content (AvgIpc) is 2.18. The van der Waals surface area contributed by atoms with Gasteiger partial charge in [0.05, 0.1) is 6.04 Å². The summed E-state index contributed by atoms with van der Waals surface area (Å²) >= 11 is 0. The highest BCUT2D eigenvalue weighted by molar-refractivity contribution is 5.80. The Balaban J connectivity index is 2.25. The van der Waals surface area contributed by atoms with Crippen LogP contribution in [0.2, 0.25) is 0 Å². The first-order valence-electron chi connectivity index (χ1n) is 4.79. The zero-order valence-electron chi connectivity index (χ0n) is 8.30. The van der Waals surface area contributed by atoms with E-state index in [1.54, 1.807) is 7.05 Å². The summed E-state index contributed by atoms with van der Waals surface area (Å²) in [6.45, 7) is 3.49. The van der Waals surface area contributed by atoms with Crippen LogP contribution in [0.5, 0.6) is 0 Å². The van der Waals surface area contributed by atoms with Crippen LogP contribution >= 0.6 is 0 Å². The Bertz CT molecular complexity index is 167. The minimum Gasteiger partial charge on any atom is -0.381 e. The van der Waals surface area contributed by atoms with Crippen LogP contribution in [0.4, 0.5) is 0 Å². The maximum absolute atomic E-state index is 11.2. The van der Waals surface area contributed by atoms with Gasteiger partial charge < -0.3 is 15.4 Å². The van der Waals surface area contributed by atoms with Gasteiger partial charge in [-0.15, -0.1) is 0 Å². The Hall–Kier alpha value is -0.610. The lowest BCUT2D eigenvalue weighted by Gasteiger charge is -2.25. The van der Waals surface area contributed by atoms with Crippen LogP contribution in [0.25, 0.3) is 0 Å². The van der Waals surface area contributed by atoms with Crippen molar-refractivity contribution in [2.75, 3.05) is 20.3 Å². The number of nitrogens with one attached hydrogen (secondary N) is 2. The van der Waals surface area contributed by atoms with E-state index in [4.69, 9.17) is 4.74 Å². The first kappa shape index (κ1) is 10.5. The summed E-state index contributed by atoms with van der Waals surface area (Å²) < 4.78 is 5.23. The van der Waals surface area contributed by atoms with Crippen LogP contribution in [0.3, 0.4) is 0 Å². The number of hydrogen-bond donors (Lipinski definition) is 2. The lowest BCUT2D eigenvalue weighted by molar-refractivity contribution is -0.122. The molecule has 0 saturated carbocycles. The van der Waals surface area contributed by atoms with E-state index in [9.17, 15) is 4.79 Å². The predicted molar refractivity (Wildman–Crippen MR) is 50.5 cm³/mol. The molecule has 2 N–H and O–H groups in total. The largest absolute Gasteiger partial charge is 0.381 e. The van der Waals surface area contributed by atoms with Crippen LogP contribution in [-0.4, -0.2) is 38.3 Å². The molecule has 0 aromatic rings. The van der Waals surface area contributed by atoms with Crippen molar-refractivity contribution in [1.29, 1.82) is 0 Å². The van der Waals surface area contributed by atoms with Crippen molar-refractivity contribution in [2.45, 2.75) is 31.8 Å². The molecule has 4 nitrogen and oxygen atoms in total. The summed E-state index contributed by atoms with van der Waals surface area (Å²) in [4.78, 5) is 11.2. The molecule has 13 heavy (non-hydrogen) atoms. The molecule has 1 unspecified atom stereocenters. The molecule has 1 atom stereocenters. The summed E-state index contributed by atoms with van der Waals surface area (Å²) in [7, 11) is 1.66. The maximum Gasteiger partial charge on any atom is 0.236 e. The van der Waals surface area contributed by atoms with E-state index >= 15 is 0 Å². The molecule has 1 heterocycles. The Morgan fingerprint density at radius 2 is 2.08 bits per heavy atom. The molecular formula is C9H18N2O2. The van der Waals surface area contributed by atoms with Gasteiger partial charge in [0.15, 0.2) is 0 Å². The van der Waals surface area contributed by atoms with E-state index in [1.807, 2.05) is 6.92 Å². The van der Waals surface area contributed by atoms with Crippen molar-refractivity contribution < 1.29 is 9.53 Å². The molecule has 1 amide bonds. The predicted octanol–water partition coefficient (Wildman–Crippen LogP) is -0.111. The summed E-state index contributed by atoms with van der Waals surface area (Å²) in [6.07, 6.45) is 2.00. The van der Waals surface area contributed by atoms with Crippen molar-refractivity contribution in [3.8, 4) is 0 Å². The number of amides is 1. The third-order valence-corrected chi connectivity index (χ3v) is 2.35. The normalized spacial score (nSPS) is 21.1. The lowest BCUT2D eigenvalue weighted by Crippen LogP contribution is -2.47. The van der Waals surface area contributed by atoms with Gasteiger partial charge in [-0.3, -0.25) is 4.79 Å². The van der Waals surface area contributed by atoms with Crippen molar-refractivity contribution >= 4 is 5.91 Å². The number of carbonyl (C=O) groups is 1. The first-order chi connectivity index (χ1) is 6.24. The molecule has 0 aliphatic carbocycles. The Morgan fingerprint density at radius 1 is 1.46 bits per heavy atom. The van der Waals surface area contributed by atoms with Gasteiger partial charge in [-0.05, 0) is 19.8 Å². The Labute approximate surface area is 79.0 Å². The molecule has 0 aromatic heterocycles. The minimum atomic E-state index is -0.104. The van der Waals surface area contributed by atoms with Gasteiger partial charge in [-0.1, -0.05) is 0 Å². The summed E-state index contributed by atoms with van der Waals surface area (Å²) in [5, 5.41) is 5.90. The summed E-state index contributed by atoms with van der Waals surface area (Å²) in [6, 6.07) is 0.328. The van der Waals surface area contributed by atoms with Gasteiger partial charge in [0.25, 0.3) is 0 Å². The van der Waals surface area contributed by atoms with Crippen molar-refractivity contribution in [3.05, 3.63) is 0 Å². The molecule has 1 fully saturated rings. The van der Waals surface area contributed by atoms with Gasteiger partial charge >= 0.3 is 0 Å². The highest BCUT2D eigenvalue weighted by Gasteiger charge is 2.18. The lowest BCUT2D eigenvalue weighted by atomic mass is 10.1. The Kier molecular flexibility index (Phi) is 4.18. The second-order valence-corrected chi connectivity index (χ2v) is 3.39. The second-order valence-electron chi connectivity index (χ2n) is 3.39. The molecule has 76 valence electrons. The SMILES string of the molecule is CNC(=O)C(C)NC1CCOCC1. The Morgan fingerprint density at radius 3 is 2.62 bits per heavy atom. The van der Waals surface area contributed by atoms with Crippen LogP contribution in [0.1, 0.15) is 19.8 Å². The van der Waals surface area contributed by atoms with E-state index in [0.29, 0.717) is 6.04 Å². The zero-order valence-corrected chi connectivity index (χ0v) is 8.30. The van der Waals surface area contributed by atoms with E-state index in [1.165, 1.54) is 0 Å². The molecule has 4 heteroatoms. The number of hydrogen-bond acceptors (Lipinski definition) is 3. The van der Waals surface area contributed by atoms with E-state index in [2.05, 4.69) is 10.6 Å². The number of likely N-dealkylation sites (N-methyl/N-ethyl adjacent to an activating group) is 1. The van der Waals surface area contributed by atoms with Crippen LogP contribution in [0, 0.1) is 0 Å². The highest BCUT2D eigenvalue weighted by atomic mass is 16.5. The minimum absolute atomic E-state index is 0.0477. The van der Waals surface area contributed by atoms with Gasteiger partial charge in [-0.25, -0.2) is 0 Å². The fraction of sp³-hybridized carbons (Fsp3) is 0.889. The maximum atomic E-state index is 11.2. The molecule has 1 saturated heterocycles. The van der Waals surface area contributed by atoms with Crippen LogP contribution < -0.4 is 10.6 Å².